The van der Waals surface area contributed by atoms with Crippen LogP contribution >= 0.6 is 0 Å². The zero-order valence-corrected chi connectivity index (χ0v) is 16.2. The normalized spacial score (nSPS) is 10.5. The first kappa shape index (κ1) is 19.6. The maximum absolute atomic E-state index is 12.3. The molecule has 0 bridgehead atoms. The molecular formula is C24H26N2O2. The topological polar surface area (TPSA) is 51.2 Å². The number of benzene rings is 2. The van der Waals surface area contributed by atoms with Gasteiger partial charge in [-0.2, -0.15) is 0 Å². The minimum absolute atomic E-state index is 0.129. The highest BCUT2D eigenvalue weighted by Gasteiger charge is 2.06. The standard InChI is InChI=1S/C24H26N2O2/c1-2-17-28-23-9-5-21(6-10-23)24(27)13-16-26-22-7-3-19(4-8-22)18-20-11-14-25-15-12-20/h3-12,14-15,26H,2,13,16-18H2,1H3. The maximum atomic E-state index is 12.3. The number of pyridine rings is 1. The highest BCUT2D eigenvalue weighted by Crippen LogP contribution is 2.15. The SMILES string of the molecule is CCCOc1ccc(C(=O)CCNc2ccc(Cc3ccncc3)cc2)cc1. The van der Waals surface area contributed by atoms with Crippen molar-refractivity contribution < 1.29 is 9.53 Å². The number of ketones is 1. The Bertz CT molecular complexity index is 859. The smallest absolute Gasteiger partial charge is 0.164 e. The van der Waals surface area contributed by atoms with Crippen molar-refractivity contribution in [2.45, 2.75) is 26.2 Å². The largest absolute Gasteiger partial charge is 0.494 e. The fourth-order valence-corrected chi connectivity index (χ4v) is 2.90. The Morgan fingerprint density at radius 3 is 2.29 bits per heavy atom. The lowest BCUT2D eigenvalue weighted by Gasteiger charge is -2.08. The van der Waals surface area contributed by atoms with E-state index < -0.39 is 0 Å². The van der Waals surface area contributed by atoms with Crippen LogP contribution in [-0.4, -0.2) is 23.9 Å². The zero-order chi connectivity index (χ0) is 19.6. The van der Waals surface area contributed by atoms with Gasteiger partial charge in [0.2, 0.25) is 0 Å². The summed E-state index contributed by atoms with van der Waals surface area (Å²) in [5.41, 5.74) is 4.23. The van der Waals surface area contributed by atoms with E-state index in [1.807, 2.05) is 48.8 Å². The monoisotopic (exact) mass is 374 g/mol. The number of aromatic nitrogens is 1. The summed E-state index contributed by atoms with van der Waals surface area (Å²) < 4.78 is 5.55. The van der Waals surface area contributed by atoms with Gasteiger partial charge >= 0.3 is 0 Å². The number of hydrogen-bond donors (Lipinski definition) is 1. The number of carbonyl (C=O) groups is 1. The van der Waals surface area contributed by atoms with Gasteiger partial charge in [-0.25, -0.2) is 0 Å². The first-order valence-electron chi connectivity index (χ1n) is 9.72. The minimum Gasteiger partial charge on any atom is -0.494 e. The van der Waals surface area contributed by atoms with Crippen LogP contribution in [0.25, 0.3) is 0 Å². The third kappa shape index (κ3) is 5.95. The van der Waals surface area contributed by atoms with Crippen molar-refractivity contribution in [2.24, 2.45) is 0 Å². The third-order valence-corrected chi connectivity index (χ3v) is 4.44. The number of ether oxygens (including phenoxy) is 1. The lowest BCUT2D eigenvalue weighted by Crippen LogP contribution is -2.09. The molecule has 4 nitrogen and oxygen atoms in total. The van der Waals surface area contributed by atoms with Gasteiger partial charge in [0.05, 0.1) is 6.61 Å². The molecule has 4 heteroatoms. The van der Waals surface area contributed by atoms with Crippen LogP contribution < -0.4 is 10.1 Å². The molecule has 0 spiro atoms. The molecule has 0 fully saturated rings. The van der Waals surface area contributed by atoms with E-state index in [1.54, 1.807) is 0 Å². The summed E-state index contributed by atoms with van der Waals surface area (Å²) >= 11 is 0. The van der Waals surface area contributed by atoms with Crippen LogP contribution in [0.5, 0.6) is 5.75 Å². The van der Waals surface area contributed by atoms with Crippen molar-refractivity contribution in [3.63, 3.8) is 0 Å². The fourth-order valence-electron chi connectivity index (χ4n) is 2.90. The molecule has 0 amide bonds. The molecule has 0 unspecified atom stereocenters. The first-order chi connectivity index (χ1) is 13.7. The highest BCUT2D eigenvalue weighted by molar-refractivity contribution is 5.96. The first-order valence-corrected chi connectivity index (χ1v) is 9.72. The minimum atomic E-state index is 0.129. The van der Waals surface area contributed by atoms with Crippen molar-refractivity contribution in [3.05, 3.63) is 89.7 Å². The molecule has 0 atom stereocenters. The molecule has 144 valence electrons. The lowest BCUT2D eigenvalue weighted by atomic mass is 10.1. The molecule has 0 saturated carbocycles. The fraction of sp³-hybridized carbons (Fsp3) is 0.250. The summed E-state index contributed by atoms with van der Waals surface area (Å²) in [6.07, 6.45) is 5.94. The van der Waals surface area contributed by atoms with E-state index in [2.05, 4.69) is 41.5 Å². The summed E-state index contributed by atoms with van der Waals surface area (Å²) in [6.45, 7) is 3.37. The summed E-state index contributed by atoms with van der Waals surface area (Å²) in [7, 11) is 0. The molecule has 3 aromatic rings. The molecular weight excluding hydrogens is 348 g/mol. The number of anilines is 1. The van der Waals surface area contributed by atoms with Crippen LogP contribution in [0, 0.1) is 0 Å². The predicted molar refractivity (Wildman–Crippen MR) is 113 cm³/mol. The number of Topliss-reactive ketones (excluding diaryl/α,β-unsaturated/α-hetero) is 1. The van der Waals surface area contributed by atoms with E-state index in [4.69, 9.17) is 4.74 Å². The Hall–Kier alpha value is -3.14. The number of nitrogens with zero attached hydrogens (tertiary/aromatic N) is 1. The Morgan fingerprint density at radius 2 is 1.61 bits per heavy atom. The van der Waals surface area contributed by atoms with E-state index in [0.717, 1.165) is 29.8 Å². The summed E-state index contributed by atoms with van der Waals surface area (Å²) in [4.78, 5) is 16.4. The maximum Gasteiger partial charge on any atom is 0.164 e. The van der Waals surface area contributed by atoms with Crippen molar-refractivity contribution in [2.75, 3.05) is 18.5 Å². The number of nitrogens with one attached hydrogen (secondary N) is 1. The van der Waals surface area contributed by atoms with Crippen LogP contribution in [0.1, 0.15) is 41.3 Å². The van der Waals surface area contributed by atoms with E-state index in [9.17, 15) is 4.79 Å². The average molecular weight is 374 g/mol. The Kier molecular flexibility index (Phi) is 7.19. The van der Waals surface area contributed by atoms with Gasteiger partial charge in [-0.3, -0.25) is 9.78 Å². The second-order valence-corrected chi connectivity index (χ2v) is 6.70. The third-order valence-electron chi connectivity index (χ3n) is 4.44. The van der Waals surface area contributed by atoms with Crippen molar-refractivity contribution in [1.82, 2.24) is 4.98 Å². The molecule has 0 aliphatic carbocycles. The molecule has 1 N–H and O–H groups in total. The number of rotatable bonds is 10. The van der Waals surface area contributed by atoms with Gasteiger partial charge < -0.3 is 10.1 Å². The summed E-state index contributed by atoms with van der Waals surface area (Å²) in [6, 6.07) is 19.8. The van der Waals surface area contributed by atoms with Gasteiger partial charge in [0.25, 0.3) is 0 Å². The van der Waals surface area contributed by atoms with Crippen LogP contribution in [-0.2, 0) is 6.42 Å². The second kappa shape index (κ2) is 10.3. The van der Waals surface area contributed by atoms with Gasteiger partial charge in [0.1, 0.15) is 5.75 Å². The van der Waals surface area contributed by atoms with Crippen LogP contribution in [0.2, 0.25) is 0 Å². The van der Waals surface area contributed by atoms with E-state index >= 15 is 0 Å². The highest BCUT2D eigenvalue weighted by atomic mass is 16.5. The molecule has 0 saturated heterocycles. The van der Waals surface area contributed by atoms with Crippen molar-refractivity contribution in [1.29, 1.82) is 0 Å². The van der Waals surface area contributed by atoms with Gasteiger partial charge in [-0.15, -0.1) is 0 Å². The second-order valence-electron chi connectivity index (χ2n) is 6.70. The molecule has 0 radical (unpaired) electrons. The zero-order valence-electron chi connectivity index (χ0n) is 16.2. The summed E-state index contributed by atoms with van der Waals surface area (Å²) in [5, 5.41) is 3.32. The summed E-state index contributed by atoms with van der Waals surface area (Å²) in [5.74, 6) is 0.937. The van der Waals surface area contributed by atoms with E-state index in [-0.39, 0.29) is 5.78 Å². The number of hydrogen-bond acceptors (Lipinski definition) is 4. The molecule has 1 heterocycles. The van der Waals surface area contributed by atoms with E-state index in [1.165, 1.54) is 11.1 Å². The number of carbonyl (C=O) groups excluding carboxylic acids is 1. The van der Waals surface area contributed by atoms with Gasteiger partial charge in [-0.1, -0.05) is 19.1 Å². The van der Waals surface area contributed by atoms with Gasteiger partial charge in [-0.05, 0) is 72.5 Å². The van der Waals surface area contributed by atoms with Gasteiger partial charge in [0, 0.05) is 36.6 Å². The Balaban J connectivity index is 1.44. The molecule has 2 aromatic carbocycles. The van der Waals surface area contributed by atoms with E-state index in [0.29, 0.717) is 19.6 Å². The molecule has 1 aromatic heterocycles. The molecule has 3 rings (SSSR count). The van der Waals surface area contributed by atoms with Crippen LogP contribution in [0.4, 0.5) is 5.69 Å². The van der Waals surface area contributed by atoms with Crippen LogP contribution in [0.15, 0.2) is 73.1 Å². The molecule has 28 heavy (non-hydrogen) atoms. The quantitative estimate of drug-likeness (QED) is 0.499. The predicted octanol–water partition coefficient (Wildman–Crippen LogP) is 5.15. The van der Waals surface area contributed by atoms with Gasteiger partial charge in [0.15, 0.2) is 5.78 Å². The van der Waals surface area contributed by atoms with Crippen LogP contribution in [0.3, 0.4) is 0 Å². The molecule has 0 aliphatic heterocycles. The van der Waals surface area contributed by atoms with Crippen molar-refractivity contribution >= 4 is 11.5 Å². The Labute approximate surface area is 166 Å². The molecule has 0 aliphatic rings. The average Bonchev–Trinajstić information content (AvgIpc) is 2.74. The van der Waals surface area contributed by atoms with Crippen molar-refractivity contribution in [3.8, 4) is 5.75 Å². The lowest BCUT2D eigenvalue weighted by molar-refractivity contribution is 0.0986. The Morgan fingerprint density at radius 1 is 0.929 bits per heavy atom.